The summed E-state index contributed by atoms with van der Waals surface area (Å²) in [5.74, 6) is 0.542. The van der Waals surface area contributed by atoms with Crippen LogP contribution in [0.25, 0.3) is 11.5 Å². The van der Waals surface area contributed by atoms with Crippen LogP contribution in [0.5, 0.6) is 0 Å². The third-order valence-corrected chi connectivity index (χ3v) is 5.32. The Labute approximate surface area is 166 Å². The van der Waals surface area contributed by atoms with Gasteiger partial charge in [-0.15, -0.1) is 0 Å². The normalized spacial score (nSPS) is 19.4. The lowest BCUT2D eigenvalue weighted by molar-refractivity contribution is -0.140. The number of anilines is 1. The van der Waals surface area contributed by atoms with Crippen molar-refractivity contribution < 1.29 is 14.1 Å². The second-order valence-electron chi connectivity index (χ2n) is 7.23. The number of nitrogens with zero attached hydrogens (tertiary/aromatic N) is 6. The van der Waals surface area contributed by atoms with Gasteiger partial charge in [0.2, 0.25) is 23.5 Å². The first-order valence-electron chi connectivity index (χ1n) is 9.43. The van der Waals surface area contributed by atoms with Gasteiger partial charge in [0, 0.05) is 44.1 Å². The molecule has 0 N–H and O–H groups in total. The molecular weight excluding hydrogens is 372 g/mol. The molecule has 0 saturated carbocycles. The molecule has 2 aliphatic heterocycles. The van der Waals surface area contributed by atoms with Crippen molar-refractivity contribution in [2.24, 2.45) is 5.92 Å². The van der Waals surface area contributed by atoms with Gasteiger partial charge in [-0.1, -0.05) is 23.4 Å². The number of rotatable bonds is 4. The Hall–Kier alpha value is -3.62. The van der Waals surface area contributed by atoms with Crippen molar-refractivity contribution in [3.63, 3.8) is 0 Å². The number of hydrogen-bond donors (Lipinski definition) is 0. The van der Waals surface area contributed by atoms with Crippen LogP contribution >= 0.6 is 0 Å². The molecule has 146 valence electrons. The highest BCUT2D eigenvalue weighted by molar-refractivity contribution is 6.00. The van der Waals surface area contributed by atoms with E-state index in [2.05, 4.69) is 20.1 Å². The molecule has 0 spiro atoms. The van der Waals surface area contributed by atoms with Gasteiger partial charge in [0.05, 0.1) is 18.0 Å². The summed E-state index contributed by atoms with van der Waals surface area (Å²) in [4.78, 5) is 41.1. The second-order valence-corrected chi connectivity index (χ2v) is 7.23. The number of carbonyl (C=O) groups is 2. The predicted octanol–water partition coefficient (Wildman–Crippen LogP) is 1.51. The molecule has 9 nitrogen and oxygen atoms in total. The first-order valence-corrected chi connectivity index (χ1v) is 9.43. The fourth-order valence-electron chi connectivity index (χ4n) is 3.72. The Balaban J connectivity index is 1.20. The zero-order valence-electron chi connectivity index (χ0n) is 15.5. The molecule has 2 saturated heterocycles. The van der Waals surface area contributed by atoms with Gasteiger partial charge in [0.25, 0.3) is 0 Å². The van der Waals surface area contributed by atoms with Crippen molar-refractivity contribution in [1.29, 1.82) is 0 Å². The summed E-state index contributed by atoms with van der Waals surface area (Å²) < 4.78 is 5.34. The number of amides is 2. The van der Waals surface area contributed by atoms with Crippen LogP contribution in [-0.2, 0) is 9.59 Å². The average molecular weight is 390 g/mol. The molecule has 0 bridgehead atoms. The summed E-state index contributed by atoms with van der Waals surface area (Å²) >= 11 is 0. The molecule has 2 aliphatic rings. The molecule has 3 aromatic rings. The number of benzene rings is 1. The van der Waals surface area contributed by atoms with Crippen LogP contribution in [-0.4, -0.2) is 56.5 Å². The largest absolute Gasteiger partial charge is 0.341 e. The quantitative estimate of drug-likeness (QED) is 0.665. The number of carbonyl (C=O) groups excluding carboxylic acids is 2. The monoisotopic (exact) mass is 390 g/mol. The van der Waals surface area contributed by atoms with Crippen molar-refractivity contribution in [2.75, 3.05) is 24.5 Å². The topological polar surface area (TPSA) is 105 Å². The van der Waals surface area contributed by atoms with E-state index in [0.717, 1.165) is 5.69 Å². The molecule has 1 aromatic carbocycles. The van der Waals surface area contributed by atoms with Gasteiger partial charge in [-0.05, 0) is 12.1 Å². The van der Waals surface area contributed by atoms with E-state index >= 15 is 0 Å². The van der Waals surface area contributed by atoms with Crippen LogP contribution in [0.3, 0.4) is 0 Å². The summed E-state index contributed by atoms with van der Waals surface area (Å²) in [5.41, 5.74) is 1.37. The summed E-state index contributed by atoms with van der Waals surface area (Å²) in [6.45, 7) is 1.44. The zero-order valence-corrected chi connectivity index (χ0v) is 15.5. The zero-order chi connectivity index (χ0) is 19.8. The van der Waals surface area contributed by atoms with E-state index in [1.54, 1.807) is 28.4 Å². The maximum Gasteiger partial charge on any atom is 0.233 e. The van der Waals surface area contributed by atoms with Gasteiger partial charge >= 0.3 is 0 Å². The standard InChI is InChI=1S/C20H18N6O3/c27-17-8-13(12-26(17)15-4-2-1-3-5-15)20(28)25-10-14(11-25)19-23-18(24-29-19)16-9-21-6-7-22-16/h1-7,9,13-14H,8,10-12H2. The van der Waals surface area contributed by atoms with Gasteiger partial charge in [0.15, 0.2) is 0 Å². The summed E-state index contributed by atoms with van der Waals surface area (Å²) in [6, 6.07) is 9.44. The molecule has 9 heteroatoms. The van der Waals surface area contributed by atoms with Crippen LogP contribution in [0.1, 0.15) is 18.2 Å². The van der Waals surface area contributed by atoms with Crippen LogP contribution in [0.4, 0.5) is 5.69 Å². The molecule has 1 unspecified atom stereocenters. The van der Waals surface area contributed by atoms with Gasteiger partial charge < -0.3 is 14.3 Å². The van der Waals surface area contributed by atoms with E-state index in [0.29, 0.717) is 37.0 Å². The van der Waals surface area contributed by atoms with E-state index in [4.69, 9.17) is 4.52 Å². The minimum atomic E-state index is -0.318. The first kappa shape index (κ1) is 17.5. The summed E-state index contributed by atoms with van der Waals surface area (Å²) in [5, 5.41) is 3.95. The Kier molecular flexibility index (Phi) is 4.27. The molecule has 29 heavy (non-hydrogen) atoms. The van der Waals surface area contributed by atoms with E-state index in [9.17, 15) is 9.59 Å². The fraction of sp³-hybridized carbons (Fsp3) is 0.300. The predicted molar refractivity (Wildman–Crippen MR) is 102 cm³/mol. The van der Waals surface area contributed by atoms with E-state index in [1.807, 2.05) is 30.3 Å². The average Bonchev–Trinajstić information content (AvgIpc) is 3.35. The van der Waals surface area contributed by atoms with E-state index < -0.39 is 0 Å². The molecule has 0 radical (unpaired) electrons. The molecule has 2 aromatic heterocycles. The maximum absolute atomic E-state index is 12.8. The molecule has 2 fully saturated rings. The Morgan fingerprint density at radius 1 is 1.10 bits per heavy atom. The minimum absolute atomic E-state index is 0.000738. The van der Waals surface area contributed by atoms with Gasteiger partial charge in [0.1, 0.15) is 5.69 Å². The molecular formula is C20H18N6O3. The summed E-state index contributed by atoms with van der Waals surface area (Å²) in [7, 11) is 0. The van der Waals surface area contributed by atoms with Gasteiger partial charge in [-0.2, -0.15) is 4.98 Å². The van der Waals surface area contributed by atoms with Crippen molar-refractivity contribution in [2.45, 2.75) is 12.3 Å². The van der Waals surface area contributed by atoms with Crippen LogP contribution in [0, 0.1) is 5.92 Å². The summed E-state index contributed by atoms with van der Waals surface area (Å²) in [6.07, 6.45) is 4.95. The van der Waals surface area contributed by atoms with Crippen molar-refractivity contribution in [3.05, 3.63) is 54.8 Å². The first-order chi connectivity index (χ1) is 14.2. The third-order valence-electron chi connectivity index (χ3n) is 5.32. The van der Waals surface area contributed by atoms with E-state index in [1.165, 1.54) is 0 Å². The van der Waals surface area contributed by atoms with Crippen molar-refractivity contribution in [1.82, 2.24) is 25.0 Å². The molecule has 1 atom stereocenters. The van der Waals surface area contributed by atoms with Gasteiger partial charge in [-0.25, -0.2) is 4.98 Å². The third kappa shape index (κ3) is 3.24. The van der Waals surface area contributed by atoms with Gasteiger partial charge in [-0.3, -0.25) is 14.6 Å². The van der Waals surface area contributed by atoms with Crippen LogP contribution in [0.15, 0.2) is 53.4 Å². The highest BCUT2D eigenvalue weighted by Gasteiger charge is 2.42. The number of para-hydroxylation sites is 1. The highest BCUT2D eigenvalue weighted by Crippen LogP contribution is 2.31. The smallest absolute Gasteiger partial charge is 0.233 e. The number of hydrogen-bond acceptors (Lipinski definition) is 7. The van der Waals surface area contributed by atoms with Crippen LogP contribution < -0.4 is 4.90 Å². The number of likely N-dealkylation sites (tertiary alicyclic amines) is 1. The minimum Gasteiger partial charge on any atom is -0.341 e. The molecule has 4 heterocycles. The second kappa shape index (κ2) is 7.08. The molecule has 0 aliphatic carbocycles. The lowest BCUT2D eigenvalue weighted by Crippen LogP contribution is -2.51. The lowest BCUT2D eigenvalue weighted by Gasteiger charge is -2.38. The Morgan fingerprint density at radius 3 is 2.69 bits per heavy atom. The Morgan fingerprint density at radius 2 is 1.93 bits per heavy atom. The maximum atomic E-state index is 12.8. The van der Waals surface area contributed by atoms with Crippen molar-refractivity contribution >= 4 is 17.5 Å². The van der Waals surface area contributed by atoms with Crippen molar-refractivity contribution in [3.8, 4) is 11.5 Å². The van der Waals surface area contributed by atoms with E-state index in [-0.39, 0.29) is 30.1 Å². The molecule has 2 amide bonds. The fourth-order valence-corrected chi connectivity index (χ4v) is 3.72. The SMILES string of the molecule is O=C(C1CC(=O)N(c2ccccc2)C1)N1CC(c2nc(-c3cnccn3)no2)C1. The number of aromatic nitrogens is 4. The Bertz CT molecular complexity index is 1030. The lowest BCUT2D eigenvalue weighted by atomic mass is 9.96. The van der Waals surface area contributed by atoms with Crippen LogP contribution in [0.2, 0.25) is 0 Å². The molecule has 5 rings (SSSR count). The highest BCUT2D eigenvalue weighted by atomic mass is 16.5.